The molecule has 4 aromatic carbocycles. The summed E-state index contributed by atoms with van der Waals surface area (Å²) >= 11 is 12.2. The van der Waals surface area contributed by atoms with Gasteiger partial charge in [-0.05, 0) is 60.6 Å². The van der Waals surface area contributed by atoms with Gasteiger partial charge in [0.05, 0.1) is 13.2 Å². The van der Waals surface area contributed by atoms with Gasteiger partial charge >= 0.3 is 0 Å². The lowest BCUT2D eigenvalue weighted by atomic mass is 9.82. The van der Waals surface area contributed by atoms with E-state index in [1.807, 2.05) is 72.8 Å². The second-order valence-corrected chi connectivity index (χ2v) is 11.1. The van der Waals surface area contributed by atoms with Crippen LogP contribution in [-0.4, -0.2) is 42.9 Å². The Bertz CT molecular complexity index is 1550. The summed E-state index contributed by atoms with van der Waals surface area (Å²) in [5.74, 6) is 2.55. The zero-order valence-electron chi connectivity index (χ0n) is 22.8. The number of aliphatic hydroxyl groups excluding tert-OH is 2. The summed E-state index contributed by atoms with van der Waals surface area (Å²) in [6.45, 7) is 0.807. The standard InChI is InChI=1S/C17H16ClNO3.C16H16ClNO2/c18-11-5-6-17-13(7-11)15(9-20)14(8-19-10-21)12-3-1-2-4-16(12)22-17;17-10-5-6-16-12(7-10)14(9-19)13(8-18)11-3-1-2-4-15(11)20-16/h1-7,10,14-15,20H,8-9H2,(H,19,21);1-7,13-14,19H,8-9,18H2/t14-,15-;13-,14-/m00/s1. The summed E-state index contributed by atoms with van der Waals surface area (Å²) < 4.78 is 12.0. The molecule has 2 heterocycles. The summed E-state index contributed by atoms with van der Waals surface area (Å²) in [6.07, 6.45) is 0.668. The number of hydrogen-bond donors (Lipinski definition) is 4. The van der Waals surface area contributed by atoms with Crippen molar-refractivity contribution in [3.63, 3.8) is 0 Å². The molecule has 4 aromatic rings. The molecule has 0 radical (unpaired) electrons. The highest BCUT2D eigenvalue weighted by Gasteiger charge is 2.33. The topological polar surface area (TPSA) is 114 Å². The van der Waals surface area contributed by atoms with Gasteiger partial charge in [0.1, 0.15) is 23.0 Å². The van der Waals surface area contributed by atoms with Crippen LogP contribution in [0.4, 0.5) is 0 Å². The lowest BCUT2D eigenvalue weighted by Gasteiger charge is -2.24. The summed E-state index contributed by atoms with van der Waals surface area (Å²) in [5.41, 5.74) is 9.70. The number of carbonyl (C=O) groups is 1. The molecule has 0 aromatic heterocycles. The highest BCUT2D eigenvalue weighted by Crippen LogP contribution is 2.47. The molecule has 9 heteroatoms. The number of nitrogens with one attached hydrogen (secondary N) is 1. The molecule has 2 aliphatic rings. The molecule has 6 rings (SSSR count). The van der Waals surface area contributed by atoms with E-state index in [0.717, 1.165) is 39.5 Å². The third-order valence-corrected chi connectivity index (χ3v) is 8.33. The number of halogens is 2. The maximum atomic E-state index is 10.7. The largest absolute Gasteiger partial charge is 0.457 e. The first-order chi connectivity index (χ1) is 20.5. The number of amides is 1. The molecule has 0 saturated heterocycles. The van der Waals surface area contributed by atoms with Crippen molar-refractivity contribution in [2.45, 2.75) is 23.7 Å². The number of carbonyl (C=O) groups excluding carboxylic acids is 1. The minimum absolute atomic E-state index is 0.00685. The second kappa shape index (κ2) is 13.6. The number of ether oxygens (including phenoxy) is 2. The highest BCUT2D eigenvalue weighted by atomic mass is 35.5. The number of rotatable bonds is 6. The fourth-order valence-corrected chi connectivity index (χ4v) is 6.20. The first-order valence-corrected chi connectivity index (χ1v) is 14.5. The first-order valence-electron chi connectivity index (χ1n) is 13.7. The highest BCUT2D eigenvalue weighted by molar-refractivity contribution is 6.31. The monoisotopic (exact) mass is 606 g/mol. The molecule has 1 amide bonds. The number of aliphatic hydroxyl groups is 2. The van der Waals surface area contributed by atoms with Crippen molar-refractivity contribution in [1.29, 1.82) is 0 Å². The van der Waals surface area contributed by atoms with E-state index >= 15 is 0 Å². The van der Waals surface area contributed by atoms with Crippen molar-refractivity contribution in [2.24, 2.45) is 5.73 Å². The third-order valence-electron chi connectivity index (χ3n) is 7.86. The van der Waals surface area contributed by atoms with Crippen molar-refractivity contribution in [3.8, 4) is 23.0 Å². The fraction of sp³-hybridized carbons (Fsp3) is 0.242. The van der Waals surface area contributed by atoms with E-state index in [1.165, 1.54) is 0 Å². The Labute approximate surface area is 254 Å². The number of nitrogens with two attached hydrogens (primary N) is 1. The van der Waals surface area contributed by atoms with Crippen LogP contribution in [0.25, 0.3) is 0 Å². The Morgan fingerprint density at radius 3 is 1.60 bits per heavy atom. The molecule has 0 saturated carbocycles. The molecule has 0 bridgehead atoms. The van der Waals surface area contributed by atoms with Crippen LogP contribution in [0, 0.1) is 0 Å². The summed E-state index contributed by atoms with van der Waals surface area (Å²) in [6, 6.07) is 26.4. The molecule has 218 valence electrons. The van der Waals surface area contributed by atoms with Crippen LogP contribution in [-0.2, 0) is 4.79 Å². The maximum absolute atomic E-state index is 10.7. The average Bonchev–Trinajstić information content (AvgIpc) is 3.23. The Kier molecular flexibility index (Phi) is 9.67. The average molecular weight is 608 g/mol. The maximum Gasteiger partial charge on any atom is 0.207 e. The molecule has 4 atom stereocenters. The molecule has 7 nitrogen and oxygen atoms in total. The minimum atomic E-state index is -0.204. The molecular formula is C33H32Cl2N2O5. The molecule has 0 spiro atoms. The summed E-state index contributed by atoms with van der Waals surface area (Å²) in [4.78, 5) is 10.7. The van der Waals surface area contributed by atoms with Gasteiger partial charge in [-0.15, -0.1) is 0 Å². The molecule has 2 aliphatic heterocycles. The first kappa shape index (κ1) is 29.9. The lowest BCUT2D eigenvalue weighted by Crippen LogP contribution is -2.26. The van der Waals surface area contributed by atoms with Crippen LogP contribution < -0.4 is 20.5 Å². The zero-order chi connectivity index (χ0) is 29.6. The zero-order valence-corrected chi connectivity index (χ0v) is 24.3. The smallest absolute Gasteiger partial charge is 0.207 e. The lowest BCUT2D eigenvalue weighted by molar-refractivity contribution is -0.109. The van der Waals surface area contributed by atoms with Gasteiger partial charge in [-0.25, -0.2) is 0 Å². The van der Waals surface area contributed by atoms with E-state index in [1.54, 1.807) is 12.1 Å². The Hall–Kier alpha value is -3.59. The Balaban J connectivity index is 0.000000169. The van der Waals surface area contributed by atoms with Gasteiger partial charge in [0.2, 0.25) is 6.41 Å². The van der Waals surface area contributed by atoms with Crippen molar-refractivity contribution in [2.75, 3.05) is 26.3 Å². The quantitative estimate of drug-likeness (QED) is 0.191. The van der Waals surface area contributed by atoms with Crippen LogP contribution in [0.15, 0.2) is 84.9 Å². The predicted octanol–water partition coefficient (Wildman–Crippen LogP) is 6.32. The van der Waals surface area contributed by atoms with Gasteiger partial charge in [0.15, 0.2) is 0 Å². The fourth-order valence-electron chi connectivity index (χ4n) is 5.84. The Morgan fingerprint density at radius 1 is 0.667 bits per heavy atom. The van der Waals surface area contributed by atoms with Gasteiger partial charge < -0.3 is 30.7 Å². The number of fused-ring (bicyclic) bond motifs is 4. The molecule has 0 aliphatic carbocycles. The molecular weight excluding hydrogens is 575 g/mol. The third kappa shape index (κ3) is 6.11. The van der Waals surface area contributed by atoms with Gasteiger partial charge in [0, 0.05) is 57.0 Å². The molecule has 0 unspecified atom stereocenters. The van der Waals surface area contributed by atoms with Crippen molar-refractivity contribution >= 4 is 29.6 Å². The van der Waals surface area contributed by atoms with E-state index in [2.05, 4.69) is 5.32 Å². The van der Waals surface area contributed by atoms with Crippen molar-refractivity contribution < 1.29 is 24.5 Å². The van der Waals surface area contributed by atoms with Crippen molar-refractivity contribution in [3.05, 3.63) is 117 Å². The van der Waals surface area contributed by atoms with Gasteiger partial charge in [-0.1, -0.05) is 59.6 Å². The Morgan fingerprint density at radius 2 is 1.12 bits per heavy atom. The number of hydrogen-bond acceptors (Lipinski definition) is 6. The van der Waals surface area contributed by atoms with Gasteiger partial charge in [0.25, 0.3) is 0 Å². The van der Waals surface area contributed by atoms with E-state index in [-0.39, 0.29) is 36.9 Å². The van der Waals surface area contributed by atoms with Crippen LogP contribution in [0.5, 0.6) is 23.0 Å². The molecule has 5 N–H and O–H groups in total. The molecule has 0 fully saturated rings. The van der Waals surface area contributed by atoms with E-state index in [0.29, 0.717) is 35.3 Å². The van der Waals surface area contributed by atoms with Crippen LogP contribution in [0.1, 0.15) is 45.9 Å². The molecule has 42 heavy (non-hydrogen) atoms. The van der Waals surface area contributed by atoms with Crippen LogP contribution in [0.2, 0.25) is 10.0 Å². The van der Waals surface area contributed by atoms with Crippen molar-refractivity contribution in [1.82, 2.24) is 5.32 Å². The second-order valence-electron chi connectivity index (χ2n) is 10.2. The minimum Gasteiger partial charge on any atom is -0.457 e. The number of benzene rings is 4. The van der Waals surface area contributed by atoms with Crippen LogP contribution in [0.3, 0.4) is 0 Å². The summed E-state index contributed by atoms with van der Waals surface area (Å²) in [7, 11) is 0. The van der Waals surface area contributed by atoms with E-state index in [9.17, 15) is 15.0 Å². The van der Waals surface area contributed by atoms with Gasteiger partial charge in [-0.2, -0.15) is 0 Å². The van der Waals surface area contributed by atoms with E-state index in [4.69, 9.17) is 38.4 Å². The predicted molar refractivity (Wildman–Crippen MR) is 164 cm³/mol. The van der Waals surface area contributed by atoms with Crippen LogP contribution >= 0.6 is 23.2 Å². The van der Waals surface area contributed by atoms with Gasteiger partial charge in [-0.3, -0.25) is 4.79 Å². The summed E-state index contributed by atoms with van der Waals surface area (Å²) in [5, 5.41) is 23.7. The SMILES string of the molecule is NC[C@H]1c2ccccc2Oc2ccc(Cl)cc2[C@@H]1CO.O=CNC[C@H]1c2ccccc2Oc2ccc(Cl)cc2[C@@H]1CO. The number of para-hydroxylation sites is 2. The normalized spacial score (nSPS) is 19.9. The van der Waals surface area contributed by atoms with E-state index < -0.39 is 0 Å².